The highest BCUT2D eigenvalue weighted by Gasteiger charge is 2.28. The third-order valence-corrected chi connectivity index (χ3v) is 4.52. The molecule has 2 aliphatic rings. The monoisotopic (exact) mass is 303 g/mol. The summed E-state index contributed by atoms with van der Waals surface area (Å²) in [6.45, 7) is 1.40. The molecule has 1 aromatic carbocycles. The summed E-state index contributed by atoms with van der Waals surface area (Å²) in [6.07, 6.45) is 4.45. The average Bonchev–Trinajstić information content (AvgIpc) is 3.00. The van der Waals surface area contributed by atoms with Crippen molar-refractivity contribution in [3.8, 4) is 5.75 Å². The van der Waals surface area contributed by atoms with E-state index in [9.17, 15) is 9.59 Å². The number of hydrogen-bond donors (Lipinski definition) is 1. The fourth-order valence-corrected chi connectivity index (χ4v) is 3.34. The van der Waals surface area contributed by atoms with Gasteiger partial charge in [-0.1, -0.05) is 0 Å². The van der Waals surface area contributed by atoms with E-state index in [1.807, 2.05) is 23.1 Å². The van der Waals surface area contributed by atoms with Gasteiger partial charge in [-0.05, 0) is 49.4 Å². The molecule has 0 aliphatic carbocycles. The molecule has 2 aliphatic heterocycles. The number of nitrogens with zero attached hydrogens (tertiary/aromatic N) is 1. The van der Waals surface area contributed by atoms with Crippen LogP contribution >= 0.6 is 0 Å². The van der Waals surface area contributed by atoms with Crippen LogP contribution in [0, 0.1) is 0 Å². The van der Waals surface area contributed by atoms with Gasteiger partial charge in [0.1, 0.15) is 5.75 Å². The number of likely N-dealkylation sites (tertiary alicyclic amines) is 1. The number of carboxylic acid groups (broad SMARTS) is 1. The first-order valence-corrected chi connectivity index (χ1v) is 7.93. The number of amides is 1. The third kappa shape index (κ3) is 3.08. The molecule has 1 aromatic rings. The van der Waals surface area contributed by atoms with Crippen molar-refractivity contribution in [2.24, 2.45) is 0 Å². The first kappa shape index (κ1) is 14.9. The number of ether oxygens (including phenoxy) is 1. The van der Waals surface area contributed by atoms with Gasteiger partial charge in [0.15, 0.2) is 0 Å². The number of rotatable bonds is 4. The molecular weight excluding hydrogens is 282 g/mol. The van der Waals surface area contributed by atoms with Crippen LogP contribution in [0.15, 0.2) is 18.2 Å². The normalized spacial score (nSPS) is 20.4. The standard InChI is InChI=1S/C17H21NO4/c19-16(20)7-5-14-3-1-2-9-18(14)17(21)13-4-6-15-12(11-13)8-10-22-15/h4,6,11,14H,1-3,5,7-10H2,(H,19,20)/t14-/m1/s1. The lowest BCUT2D eigenvalue weighted by atomic mass is 9.96. The van der Waals surface area contributed by atoms with Crippen LogP contribution in [-0.4, -0.2) is 41.1 Å². The molecule has 0 saturated carbocycles. The predicted octanol–water partition coefficient (Wildman–Crippen LogP) is 2.48. The Morgan fingerprint density at radius 1 is 1.32 bits per heavy atom. The minimum Gasteiger partial charge on any atom is -0.493 e. The fraction of sp³-hybridized carbons (Fsp3) is 0.529. The lowest BCUT2D eigenvalue weighted by Crippen LogP contribution is -2.44. The van der Waals surface area contributed by atoms with Gasteiger partial charge in [-0.3, -0.25) is 9.59 Å². The predicted molar refractivity (Wildman–Crippen MR) is 81.2 cm³/mol. The van der Waals surface area contributed by atoms with Crippen LogP contribution in [0.3, 0.4) is 0 Å². The van der Waals surface area contributed by atoms with E-state index in [4.69, 9.17) is 9.84 Å². The molecule has 0 radical (unpaired) electrons. The number of hydrogen-bond acceptors (Lipinski definition) is 3. The van der Waals surface area contributed by atoms with Crippen LogP contribution in [0.5, 0.6) is 5.75 Å². The van der Waals surface area contributed by atoms with Crippen LogP contribution in [0.1, 0.15) is 48.0 Å². The second kappa shape index (κ2) is 6.38. The quantitative estimate of drug-likeness (QED) is 0.928. The molecule has 1 saturated heterocycles. The maximum absolute atomic E-state index is 12.8. The van der Waals surface area contributed by atoms with E-state index in [2.05, 4.69) is 0 Å². The summed E-state index contributed by atoms with van der Waals surface area (Å²) in [7, 11) is 0. The summed E-state index contributed by atoms with van der Waals surface area (Å²) < 4.78 is 5.47. The highest BCUT2D eigenvalue weighted by Crippen LogP contribution is 2.28. The summed E-state index contributed by atoms with van der Waals surface area (Å²) in [5.41, 5.74) is 1.77. The first-order chi connectivity index (χ1) is 10.6. The molecule has 5 heteroatoms. The van der Waals surface area contributed by atoms with Gasteiger partial charge in [0.25, 0.3) is 5.91 Å². The van der Waals surface area contributed by atoms with Gasteiger partial charge in [0.05, 0.1) is 6.61 Å². The SMILES string of the molecule is O=C(O)CC[C@H]1CCCCN1C(=O)c1ccc2c(c1)CCO2. The van der Waals surface area contributed by atoms with E-state index in [1.54, 1.807) is 0 Å². The molecule has 5 nitrogen and oxygen atoms in total. The molecule has 0 spiro atoms. The molecular formula is C17H21NO4. The Morgan fingerprint density at radius 2 is 2.18 bits per heavy atom. The lowest BCUT2D eigenvalue weighted by Gasteiger charge is -2.35. The number of benzene rings is 1. The minimum absolute atomic E-state index is 0.0183. The largest absolute Gasteiger partial charge is 0.493 e. The first-order valence-electron chi connectivity index (χ1n) is 7.93. The Morgan fingerprint density at radius 3 is 3.00 bits per heavy atom. The zero-order valence-electron chi connectivity index (χ0n) is 12.6. The Kier molecular flexibility index (Phi) is 4.32. The number of fused-ring (bicyclic) bond motifs is 1. The van der Waals surface area contributed by atoms with Crippen LogP contribution in [-0.2, 0) is 11.2 Å². The van der Waals surface area contributed by atoms with Crippen LogP contribution in [0.2, 0.25) is 0 Å². The number of carbonyl (C=O) groups excluding carboxylic acids is 1. The molecule has 1 N–H and O–H groups in total. The topological polar surface area (TPSA) is 66.8 Å². The van der Waals surface area contributed by atoms with Gasteiger partial charge in [0.2, 0.25) is 0 Å². The van der Waals surface area contributed by atoms with Crippen molar-refractivity contribution in [1.29, 1.82) is 0 Å². The molecule has 22 heavy (non-hydrogen) atoms. The van der Waals surface area contributed by atoms with Crippen molar-refractivity contribution in [2.45, 2.75) is 44.6 Å². The highest BCUT2D eigenvalue weighted by molar-refractivity contribution is 5.95. The van der Waals surface area contributed by atoms with E-state index < -0.39 is 5.97 Å². The van der Waals surface area contributed by atoms with Crippen LogP contribution in [0.25, 0.3) is 0 Å². The summed E-state index contributed by atoms with van der Waals surface area (Å²) >= 11 is 0. The fourth-order valence-electron chi connectivity index (χ4n) is 3.34. The summed E-state index contributed by atoms with van der Waals surface area (Å²) in [5.74, 6) is 0.0927. The summed E-state index contributed by atoms with van der Waals surface area (Å²) in [5, 5.41) is 8.87. The van der Waals surface area contributed by atoms with Crippen LogP contribution in [0.4, 0.5) is 0 Å². The molecule has 1 amide bonds. The van der Waals surface area contributed by atoms with Crippen molar-refractivity contribution in [3.63, 3.8) is 0 Å². The smallest absolute Gasteiger partial charge is 0.303 e. The van der Waals surface area contributed by atoms with Crippen molar-refractivity contribution in [3.05, 3.63) is 29.3 Å². The Labute approximate surface area is 129 Å². The summed E-state index contributed by atoms with van der Waals surface area (Å²) in [4.78, 5) is 25.5. The molecule has 2 heterocycles. The Balaban J connectivity index is 1.75. The van der Waals surface area contributed by atoms with Crippen LogP contribution < -0.4 is 4.74 Å². The molecule has 1 atom stereocenters. The zero-order valence-corrected chi connectivity index (χ0v) is 12.6. The zero-order chi connectivity index (χ0) is 15.5. The van der Waals surface area contributed by atoms with E-state index in [-0.39, 0.29) is 18.4 Å². The van der Waals surface area contributed by atoms with E-state index in [1.165, 1.54) is 0 Å². The maximum atomic E-state index is 12.8. The van der Waals surface area contributed by atoms with Gasteiger partial charge >= 0.3 is 5.97 Å². The van der Waals surface area contributed by atoms with E-state index >= 15 is 0 Å². The highest BCUT2D eigenvalue weighted by atomic mass is 16.5. The molecule has 0 bridgehead atoms. The van der Waals surface area contributed by atoms with Gasteiger partial charge in [0, 0.05) is 31.0 Å². The second-order valence-corrected chi connectivity index (χ2v) is 6.00. The van der Waals surface area contributed by atoms with E-state index in [0.29, 0.717) is 18.6 Å². The number of carboxylic acids is 1. The number of piperidine rings is 1. The van der Waals surface area contributed by atoms with Gasteiger partial charge in [-0.25, -0.2) is 0 Å². The van der Waals surface area contributed by atoms with Crippen molar-refractivity contribution >= 4 is 11.9 Å². The van der Waals surface area contributed by atoms with Gasteiger partial charge < -0.3 is 14.7 Å². The average molecular weight is 303 g/mol. The Bertz CT molecular complexity index is 584. The Hall–Kier alpha value is -2.04. The lowest BCUT2D eigenvalue weighted by molar-refractivity contribution is -0.137. The minimum atomic E-state index is -0.798. The summed E-state index contributed by atoms with van der Waals surface area (Å²) in [6, 6.07) is 5.65. The molecule has 0 aromatic heterocycles. The molecule has 0 unspecified atom stereocenters. The number of carbonyl (C=O) groups is 2. The van der Waals surface area contributed by atoms with Gasteiger partial charge in [-0.15, -0.1) is 0 Å². The van der Waals surface area contributed by atoms with E-state index in [0.717, 1.165) is 43.5 Å². The third-order valence-electron chi connectivity index (χ3n) is 4.52. The van der Waals surface area contributed by atoms with Crippen molar-refractivity contribution in [1.82, 2.24) is 4.90 Å². The molecule has 3 rings (SSSR count). The molecule has 118 valence electrons. The number of aliphatic carboxylic acids is 1. The maximum Gasteiger partial charge on any atom is 0.303 e. The van der Waals surface area contributed by atoms with Crippen molar-refractivity contribution in [2.75, 3.05) is 13.2 Å². The van der Waals surface area contributed by atoms with Gasteiger partial charge in [-0.2, -0.15) is 0 Å². The van der Waals surface area contributed by atoms with Crippen molar-refractivity contribution < 1.29 is 19.4 Å². The second-order valence-electron chi connectivity index (χ2n) is 6.00. The molecule has 1 fully saturated rings.